The number of amides is 2. The van der Waals surface area contributed by atoms with Gasteiger partial charge in [-0.1, -0.05) is 23.2 Å². The summed E-state index contributed by atoms with van der Waals surface area (Å²) < 4.78 is 4.59. The van der Waals surface area contributed by atoms with Crippen molar-refractivity contribution in [2.45, 2.75) is 38.3 Å². The number of hydrogen-bond acceptors (Lipinski definition) is 4. The second-order valence-corrected chi connectivity index (χ2v) is 6.88. The lowest BCUT2D eigenvalue weighted by atomic mass is 10.1. The molecule has 6 nitrogen and oxygen atoms in total. The number of benzene rings is 1. The van der Waals surface area contributed by atoms with Crippen molar-refractivity contribution in [2.24, 2.45) is 0 Å². The molecule has 2 rings (SSSR count). The lowest BCUT2D eigenvalue weighted by Gasteiger charge is -2.25. The average molecular weight is 387 g/mol. The summed E-state index contributed by atoms with van der Waals surface area (Å²) in [5.74, 6) is -0.973. The summed E-state index contributed by atoms with van der Waals surface area (Å²) in [6.07, 6.45) is 1.37. The standard InChI is InChI=1S/C17H20Cl2N2O4/c1-10(6-15(22)25-2)20-16(23)14-4-3-5-21(14)17(24)11-7-12(18)9-13(19)8-11/h7-10,14H,3-6H2,1-2H3,(H,20,23). The molecule has 1 aliphatic heterocycles. The van der Waals surface area contributed by atoms with Crippen molar-refractivity contribution in [2.75, 3.05) is 13.7 Å². The predicted molar refractivity (Wildman–Crippen MR) is 94.8 cm³/mol. The Hall–Kier alpha value is -1.79. The quantitative estimate of drug-likeness (QED) is 0.789. The summed E-state index contributed by atoms with van der Waals surface area (Å²) >= 11 is 11.9. The zero-order valence-electron chi connectivity index (χ0n) is 14.1. The Morgan fingerprint density at radius 3 is 2.52 bits per heavy atom. The largest absolute Gasteiger partial charge is 0.469 e. The minimum absolute atomic E-state index is 0.0762. The highest BCUT2D eigenvalue weighted by atomic mass is 35.5. The van der Waals surface area contributed by atoms with Gasteiger partial charge in [0.1, 0.15) is 6.04 Å². The number of likely N-dealkylation sites (tertiary alicyclic amines) is 1. The number of carbonyl (C=O) groups excluding carboxylic acids is 3. The predicted octanol–water partition coefficient (Wildman–Crippen LogP) is 2.67. The molecular weight excluding hydrogens is 367 g/mol. The van der Waals surface area contributed by atoms with E-state index < -0.39 is 12.0 Å². The van der Waals surface area contributed by atoms with Crippen LogP contribution in [0.4, 0.5) is 0 Å². The molecule has 0 aliphatic carbocycles. The maximum atomic E-state index is 12.7. The number of hydrogen-bond donors (Lipinski definition) is 1. The molecule has 1 aromatic carbocycles. The molecule has 1 aromatic rings. The zero-order valence-corrected chi connectivity index (χ0v) is 15.6. The first kappa shape index (κ1) is 19.5. The van der Waals surface area contributed by atoms with E-state index in [1.54, 1.807) is 13.0 Å². The van der Waals surface area contributed by atoms with E-state index in [0.29, 0.717) is 28.6 Å². The molecule has 8 heteroatoms. The van der Waals surface area contributed by atoms with Gasteiger partial charge in [-0.25, -0.2) is 0 Å². The fraction of sp³-hybridized carbons (Fsp3) is 0.471. The summed E-state index contributed by atoms with van der Waals surface area (Å²) in [5.41, 5.74) is 0.347. The van der Waals surface area contributed by atoms with E-state index in [1.807, 2.05) is 0 Å². The van der Waals surface area contributed by atoms with Crippen LogP contribution in [0.5, 0.6) is 0 Å². The molecule has 1 aliphatic rings. The van der Waals surface area contributed by atoms with E-state index >= 15 is 0 Å². The number of ether oxygens (including phenoxy) is 1. The molecule has 0 radical (unpaired) electrons. The number of nitrogens with one attached hydrogen (secondary N) is 1. The van der Waals surface area contributed by atoms with E-state index in [-0.39, 0.29) is 24.3 Å². The van der Waals surface area contributed by atoms with Crippen LogP contribution in [0.3, 0.4) is 0 Å². The van der Waals surface area contributed by atoms with Crippen molar-refractivity contribution < 1.29 is 19.1 Å². The fourth-order valence-electron chi connectivity index (χ4n) is 2.85. The van der Waals surface area contributed by atoms with Crippen LogP contribution in [0.25, 0.3) is 0 Å². The third-order valence-corrected chi connectivity index (χ3v) is 4.45. The van der Waals surface area contributed by atoms with Crippen molar-refractivity contribution >= 4 is 41.0 Å². The molecule has 0 spiro atoms. The lowest BCUT2D eigenvalue weighted by Crippen LogP contribution is -2.48. The Morgan fingerprint density at radius 1 is 1.28 bits per heavy atom. The van der Waals surface area contributed by atoms with Crippen LogP contribution < -0.4 is 5.32 Å². The Labute approximate surface area is 156 Å². The van der Waals surface area contributed by atoms with Crippen LogP contribution in [0, 0.1) is 0 Å². The Morgan fingerprint density at radius 2 is 1.92 bits per heavy atom. The molecule has 1 fully saturated rings. The van der Waals surface area contributed by atoms with Crippen LogP contribution in [0.2, 0.25) is 10.0 Å². The van der Waals surface area contributed by atoms with Crippen LogP contribution >= 0.6 is 23.2 Å². The molecule has 2 unspecified atom stereocenters. The molecule has 25 heavy (non-hydrogen) atoms. The smallest absolute Gasteiger partial charge is 0.307 e. The van der Waals surface area contributed by atoms with E-state index in [0.717, 1.165) is 6.42 Å². The maximum absolute atomic E-state index is 12.7. The van der Waals surface area contributed by atoms with Gasteiger partial charge < -0.3 is 15.0 Å². The summed E-state index contributed by atoms with van der Waals surface area (Å²) in [6.45, 7) is 2.19. The highest BCUT2D eigenvalue weighted by Gasteiger charge is 2.35. The monoisotopic (exact) mass is 386 g/mol. The van der Waals surface area contributed by atoms with Crippen molar-refractivity contribution in [1.82, 2.24) is 10.2 Å². The highest BCUT2D eigenvalue weighted by molar-refractivity contribution is 6.35. The van der Waals surface area contributed by atoms with E-state index in [2.05, 4.69) is 10.1 Å². The Balaban J connectivity index is 2.07. The van der Waals surface area contributed by atoms with E-state index in [9.17, 15) is 14.4 Å². The first-order valence-corrected chi connectivity index (χ1v) is 8.71. The SMILES string of the molecule is COC(=O)CC(C)NC(=O)C1CCCN1C(=O)c1cc(Cl)cc(Cl)c1. The lowest BCUT2D eigenvalue weighted by molar-refractivity contribution is -0.141. The van der Waals surface area contributed by atoms with Gasteiger partial charge in [-0.15, -0.1) is 0 Å². The van der Waals surface area contributed by atoms with Crippen LogP contribution in [0.15, 0.2) is 18.2 Å². The van der Waals surface area contributed by atoms with Crippen molar-refractivity contribution in [3.05, 3.63) is 33.8 Å². The van der Waals surface area contributed by atoms with Crippen LogP contribution in [-0.2, 0) is 14.3 Å². The second-order valence-electron chi connectivity index (χ2n) is 6.00. The number of esters is 1. The molecule has 2 atom stereocenters. The zero-order chi connectivity index (χ0) is 18.6. The van der Waals surface area contributed by atoms with Crippen LogP contribution in [0.1, 0.15) is 36.5 Å². The van der Waals surface area contributed by atoms with Crippen molar-refractivity contribution in [3.63, 3.8) is 0 Å². The summed E-state index contributed by atoms with van der Waals surface area (Å²) in [5, 5.41) is 3.49. The number of halogens is 2. The molecule has 1 heterocycles. The third-order valence-electron chi connectivity index (χ3n) is 4.02. The fourth-order valence-corrected chi connectivity index (χ4v) is 3.37. The van der Waals surface area contributed by atoms with Gasteiger partial charge in [-0.2, -0.15) is 0 Å². The van der Waals surface area contributed by atoms with Crippen LogP contribution in [-0.4, -0.2) is 48.4 Å². The molecule has 0 aromatic heterocycles. The van der Waals surface area contributed by atoms with Gasteiger partial charge in [0.15, 0.2) is 0 Å². The Kier molecular flexibility index (Phi) is 6.67. The number of carbonyl (C=O) groups is 3. The third kappa shape index (κ3) is 5.09. The topological polar surface area (TPSA) is 75.7 Å². The van der Waals surface area contributed by atoms with Gasteiger partial charge in [0.05, 0.1) is 13.5 Å². The first-order valence-electron chi connectivity index (χ1n) is 7.96. The number of nitrogens with zero attached hydrogens (tertiary/aromatic N) is 1. The van der Waals surface area contributed by atoms with Crippen molar-refractivity contribution in [3.8, 4) is 0 Å². The van der Waals surface area contributed by atoms with Gasteiger partial charge >= 0.3 is 5.97 Å². The molecule has 0 bridgehead atoms. The maximum Gasteiger partial charge on any atom is 0.307 e. The molecule has 2 amide bonds. The minimum Gasteiger partial charge on any atom is -0.469 e. The molecular formula is C17H20Cl2N2O4. The normalized spacial score (nSPS) is 17.9. The highest BCUT2D eigenvalue weighted by Crippen LogP contribution is 2.24. The van der Waals surface area contributed by atoms with Gasteiger partial charge in [-0.05, 0) is 38.0 Å². The van der Waals surface area contributed by atoms with Gasteiger partial charge in [0, 0.05) is 28.2 Å². The van der Waals surface area contributed by atoms with Gasteiger partial charge in [0.2, 0.25) is 5.91 Å². The average Bonchev–Trinajstić information content (AvgIpc) is 3.02. The van der Waals surface area contributed by atoms with Crippen molar-refractivity contribution in [1.29, 1.82) is 0 Å². The van der Waals surface area contributed by atoms with Gasteiger partial charge in [0.25, 0.3) is 5.91 Å². The molecule has 0 saturated carbocycles. The summed E-state index contributed by atoms with van der Waals surface area (Å²) in [7, 11) is 1.30. The molecule has 1 saturated heterocycles. The Bertz CT molecular complexity index is 660. The van der Waals surface area contributed by atoms with E-state index in [1.165, 1.54) is 24.1 Å². The van der Waals surface area contributed by atoms with E-state index in [4.69, 9.17) is 23.2 Å². The molecule has 1 N–H and O–H groups in total. The molecule has 136 valence electrons. The number of methoxy groups -OCH3 is 1. The van der Waals surface area contributed by atoms with Gasteiger partial charge in [-0.3, -0.25) is 14.4 Å². The summed E-state index contributed by atoms with van der Waals surface area (Å²) in [4.78, 5) is 38.0. The number of rotatable bonds is 5. The first-order chi connectivity index (χ1) is 11.8. The second kappa shape index (κ2) is 8.54. The minimum atomic E-state index is -0.578. The summed E-state index contributed by atoms with van der Waals surface area (Å²) in [6, 6.07) is 3.65.